The Morgan fingerprint density at radius 3 is 2.69 bits per heavy atom. The van der Waals surface area contributed by atoms with Gasteiger partial charge in [0.2, 0.25) is 5.91 Å². The van der Waals surface area contributed by atoms with Crippen LogP contribution < -0.4 is 10.5 Å². The lowest BCUT2D eigenvalue weighted by Gasteiger charge is -2.21. The van der Waals surface area contributed by atoms with E-state index in [0.29, 0.717) is 5.75 Å². The standard InChI is InChI=1S/C12H24N2OS/c13-16-10-12(15)14-9-5-4-8-11-6-2-1-3-7-11/h11H,1-10,13H2,(H,14,15). The van der Waals surface area contributed by atoms with E-state index >= 15 is 0 Å². The maximum Gasteiger partial charge on any atom is 0.231 e. The summed E-state index contributed by atoms with van der Waals surface area (Å²) >= 11 is 1.08. The summed E-state index contributed by atoms with van der Waals surface area (Å²) in [6, 6.07) is 0. The summed E-state index contributed by atoms with van der Waals surface area (Å²) in [5.74, 6) is 1.40. The molecule has 0 aromatic rings. The molecule has 1 amide bonds. The minimum absolute atomic E-state index is 0.0603. The Morgan fingerprint density at radius 2 is 2.00 bits per heavy atom. The summed E-state index contributed by atoms with van der Waals surface area (Å²) in [7, 11) is 0. The molecule has 1 aliphatic rings. The summed E-state index contributed by atoms with van der Waals surface area (Å²) in [6.45, 7) is 0.812. The Balaban J connectivity index is 1.89. The first kappa shape index (κ1) is 13.8. The molecule has 0 radical (unpaired) electrons. The van der Waals surface area contributed by atoms with Gasteiger partial charge in [0.05, 0.1) is 5.75 Å². The lowest BCUT2D eigenvalue weighted by atomic mass is 9.86. The summed E-state index contributed by atoms with van der Waals surface area (Å²) in [5, 5.41) is 8.09. The summed E-state index contributed by atoms with van der Waals surface area (Å²) in [4.78, 5) is 11.1. The van der Waals surface area contributed by atoms with Crippen LogP contribution in [0.4, 0.5) is 0 Å². The van der Waals surface area contributed by atoms with Crippen LogP contribution in [-0.2, 0) is 4.79 Å². The topological polar surface area (TPSA) is 55.1 Å². The van der Waals surface area contributed by atoms with E-state index in [4.69, 9.17) is 5.14 Å². The van der Waals surface area contributed by atoms with E-state index in [0.717, 1.165) is 30.8 Å². The number of hydrogen-bond donors (Lipinski definition) is 2. The Morgan fingerprint density at radius 1 is 1.25 bits per heavy atom. The number of hydrogen-bond acceptors (Lipinski definition) is 3. The van der Waals surface area contributed by atoms with Crippen molar-refractivity contribution in [1.29, 1.82) is 0 Å². The summed E-state index contributed by atoms with van der Waals surface area (Å²) in [6.07, 6.45) is 10.8. The van der Waals surface area contributed by atoms with Gasteiger partial charge in [-0.1, -0.05) is 56.9 Å². The van der Waals surface area contributed by atoms with Gasteiger partial charge in [-0.05, 0) is 12.3 Å². The highest BCUT2D eigenvalue weighted by molar-refractivity contribution is 7.97. The molecule has 0 atom stereocenters. The van der Waals surface area contributed by atoms with E-state index in [1.165, 1.54) is 44.9 Å². The number of unbranched alkanes of at least 4 members (excludes halogenated alkanes) is 1. The highest BCUT2D eigenvalue weighted by atomic mass is 32.2. The largest absolute Gasteiger partial charge is 0.355 e. The minimum Gasteiger partial charge on any atom is -0.355 e. The first-order chi connectivity index (χ1) is 7.83. The Bertz CT molecular complexity index is 193. The van der Waals surface area contributed by atoms with Gasteiger partial charge in [-0.3, -0.25) is 9.93 Å². The van der Waals surface area contributed by atoms with Gasteiger partial charge in [0.1, 0.15) is 0 Å². The van der Waals surface area contributed by atoms with Crippen molar-refractivity contribution in [1.82, 2.24) is 5.32 Å². The van der Waals surface area contributed by atoms with Crippen LogP contribution in [-0.4, -0.2) is 18.2 Å². The van der Waals surface area contributed by atoms with Gasteiger partial charge in [-0.25, -0.2) is 0 Å². The average molecular weight is 244 g/mol. The molecule has 4 heteroatoms. The number of carbonyl (C=O) groups is 1. The smallest absolute Gasteiger partial charge is 0.231 e. The van der Waals surface area contributed by atoms with Crippen LogP contribution in [0.3, 0.4) is 0 Å². The fraction of sp³-hybridized carbons (Fsp3) is 0.917. The first-order valence-corrected chi connectivity index (χ1v) is 7.46. The average Bonchev–Trinajstić information content (AvgIpc) is 2.30. The minimum atomic E-state index is 0.0603. The van der Waals surface area contributed by atoms with Gasteiger partial charge in [-0.2, -0.15) is 0 Å². The zero-order valence-corrected chi connectivity index (χ0v) is 10.9. The van der Waals surface area contributed by atoms with E-state index in [1.807, 2.05) is 0 Å². The SMILES string of the molecule is NSCC(=O)NCCCCC1CCCCC1. The third-order valence-corrected chi connectivity index (χ3v) is 3.73. The third-order valence-electron chi connectivity index (χ3n) is 3.30. The van der Waals surface area contributed by atoms with E-state index in [-0.39, 0.29) is 5.91 Å². The van der Waals surface area contributed by atoms with Crippen molar-refractivity contribution in [2.24, 2.45) is 11.1 Å². The van der Waals surface area contributed by atoms with Gasteiger partial charge in [0.25, 0.3) is 0 Å². The van der Waals surface area contributed by atoms with Crippen molar-refractivity contribution in [3.8, 4) is 0 Å². The predicted molar refractivity (Wildman–Crippen MR) is 70.1 cm³/mol. The molecule has 1 fully saturated rings. The number of rotatable bonds is 7. The van der Waals surface area contributed by atoms with E-state index in [2.05, 4.69) is 5.32 Å². The Kier molecular flexibility index (Phi) is 7.68. The molecule has 0 heterocycles. The summed E-state index contributed by atoms with van der Waals surface area (Å²) in [5.41, 5.74) is 0. The van der Waals surface area contributed by atoms with Crippen molar-refractivity contribution in [3.63, 3.8) is 0 Å². The van der Waals surface area contributed by atoms with Crippen molar-refractivity contribution in [3.05, 3.63) is 0 Å². The van der Waals surface area contributed by atoms with Crippen molar-refractivity contribution >= 4 is 17.9 Å². The quantitative estimate of drug-likeness (QED) is 0.534. The third kappa shape index (κ3) is 6.38. The van der Waals surface area contributed by atoms with Crippen LogP contribution in [0.25, 0.3) is 0 Å². The molecule has 0 spiro atoms. The molecule has 0 bridgehead atoms. The fourth-order valence-electron chi connectivity index (χ4n) is 2.39. The fourth-order valence-corrected chi connectivity index (χ4v) is 2.64. The molecule has 0 aromatic heterocycles. The van der Waals surface area contributed by atoms with Gasteiger partial charge in [-0.15, -0.1) is 0 Å². The summed E-state index contributed by atoms with van der Waals surface area (Å²) < 4.78 is 0. The van der Waals surface area contributed by atoms with Crippen molar-refractivity contribution < 1.29 is 4.79 Å². The molecular formula is C12H24N2OS. The number of amides is 1. The molecule has 16 heavy (non-hydrogen) atoms. The molecule has 3 nitrogen and oxygen atoms in total. The maximum atomic E-state index is 11.1. The highest BCUT2D eigenvalue weighted by Crippen LogP contribution is 2.27. The molecule has 1 saturated carbocycles. The molecule has 1 rings (SSSR count). The van der Waals surface area contributed by atoms with Gasteiger partial charge < -0.3 is 5.32 Å². The van der Waals surface area contributed by atoms with E-state index < -0.39 is 0 Å². The molecule has 94 valence electrons. The second-order valence-electron chi connectivity index (χ2n) is 4.66. The van der Waals surface area contributed by atoms with Crippen LogP contribution in [0.2, 0.25) is 0 Å². The lowest BCUT2D eigenvalue weighted by Crippen LogP contribution is -2.26. The van der Waals surface area contributed by atoms with Crippen LogP contribution in [0.15, 0.2) is 0 Å². The Labute approximate surface area is 103 Å². The number of carbonyl (C=O) groups excluding carboxylic acids is 1. The molecular weight excluding hydrogens is 220 g/mol. The van der Waals surface area contributed by atoms with Crippen molar-refractivity contribution in [2.75, 3.05) is 12.3 Å². The monoisotopic (exact) mass is 244 g/mol. The Hall–Kier alpha value is -0.220. The van der Waals surface area contributed by atoms with Crippen LogP contribution in [0.5, 0.6) is 0 Å². The zero-order valence-electron chi connectivity index (χ0n) is 10.0. The first-order valence-electron chi connectivity index (χ1n) is 6.41. The zero-order chi connectivity index (χ0) is 11.6. The van der Waals surface area contributed by atoms with Crippen LogP contribution in [0, 0.1) is 5.92 Å². The second kappa shape index (κ2) is 8.88. The maximum absolute atomic E-state index is 11.1. The van der Waals surface area contributed by atoms with Gasteiger partial charge >= 0.3 is 0 Å². The molecule has 0 unspecified atom stereocenters. The molecule has 1 aliphatic carbocycles. The molecule has 3 N–H and O–H groups in total. The van der Waals surface area contributed by atoms with E-state index in [9.17, 15) is 4.79 Å². The van der Waals surface area contributed by atoms with E-state index in [1.54, 1.807) is 0 Å². The molecule has 0 aliphatic heterocycles. The van der Waals surface area contributed by atoms with Gasteiger partial charge in [0.15, 0.2) is 0 Å². The van der Waals surface area contributed by atoms with Crippen molar-refractivity contribution in [2.45, 2.75) is 51.4 Å². The van der Waals surface area contributed by atoms with Crippen LogP contribution in [0.1, 0.15) is 51.4 Å². The normalized spacial score (nSPS) is 17.3. The number of nitrogens with two attached hydrogens (primary N) is 1. The lowest BCUT2D eigenvalue weighted by molar-refractivity contribution is -0.118. The number of nitrogens with one attached hydrogen (secondary N) is 1. The second-order valence-corrected chi connectivity index (χ2v) is 5.28. The molecule has 0 aromatic carbocycles. The highest BCUT2D eigenvalue weighted by Gasteiger charge is 2.12. The molecule has 0 saturated heterocycles. The predicted octanol–water partition coefficient (Wildman–Crippen LogP) is 2.46. The van der Waals surface area contributed by atoms with Crippen LogP contribution >= 0.6 is 11.9 Å². The van der Waals surface area contributed by atoms with Gasteiger partial charge in [0, 0.05) is 6.54 Å².